The second kappa shape index (κ2) is 9.96. The van der Waals surface area contributed by atoms with Gasteiger partial charge >= 0.3 is 0 Å². The molecule has 0 bridgehead atoms. The van der Waals surface area contributed by atoms with Gasteiger partial charge in [-0.15, -0.1) is 0 Å². The van der Waals surface area contributed by atoms with E-state index in [1.54, 1.807) is 18.3 Å². The lowest BCUT2D eigenvalue weighted by Crippen LogP contribution is -2.43. The first kappa shape index (κ1) is 22.0. The first-order valence-electron chi connectivity index (χ1n) is 10.6. The maximum atomic E-state index is 13.6. The van der Waals surface area contributed by atoms with Crippen molar-refractivity contribution in [2.24, 2.45) is 5.92 Å². The molecule has 1 aliphatic rings. The van der Waals surface area contributed by atoms with Crippen molar-refractivity contribution in [1.82, 2.24) is 15.2 Å². The molecule has 2 atom stereocenters. The number of hydrogen-bond donors (Lipinski definition) is 1. The van der Waals surface area contributed by atoms with Crippen LogP contribution in [0.2, 0.25) is 0 Å². The molecule has 1 aliphatic heterocycles. The maximum Gasteiger partial charge on any atom is 0.251 e. The van der Waals surface area contributed by atoms with Crippen LogP contribution in [0.1, 0.15) is 40.5 Å². The summed E-state index contributed by atoms with van der Waals surface area (Å²) < 4.78 is 40.5. The number of amides is 1. The highest BCUT2D eigenvalue weighted by Crippen LogP contribution is 2.30. The summed E-state index contributed by atoms with van der Waals surface area (Å²) in [5, 5.41) is 3.04. The molecule has 2 heterocycles. The van der Waals surface area contributed by atoms with E-state index in [2.05, 4.69) is 15.2 Å². The van der Waals surface area contributed by atoms with Crippen LogP contribution in [0, 0.1) is 23.4 Å². The molecule has 1 saturated heterocycles. The van der Waals surface area contributed by atoms with Crippen molar-refractivity contribution in [1.29, 1.82) is 0 Å². The minimum absolute atomic E-state index is 0.0569. The van der Waals surface area contributed by atoms with Crippen LogP contribution in [-0.2, 0) is 6.54 Å². The summed E-state index contributed by atoms with van der Waals surface area (Å²) in [5.74, 6) is -2.49. The zero-order chi connectivity index (χ0) is 22.5. The van der Waals surface area contributed by atoms with Crippen LogP contribution in [0.4, 0.5) is 13.2 Å². The molecule has 1 N–H and O–H groups in total. The highest BCUT2D eigenvalue weighted by molar-refractivity contribution is 5.94. The van der Waals surface area contributed by atoms with E-state index in [9.17, 15) is 18.0 Å². The number of likely N-dealkylation sites (tertiary alicyclic amines) is 1. The number of hydrogen-bond acceptors (Lipinski definition) is 3. The number of halogens is 3. The van der Waals surface area contributed by atoms with Crippen LogP contribution in [-0.4, -0.2) is 28.9 Å². The summed E-state index contributed by atoms with van der Waals surface area (Å²) in [6, 6.07) is 14.7. The van der Waals surface area contributed by atoms with Crippen molar-refractivity contribution >= 4 is 5.91 Å². The van der Waals surface area contributed by atoms with Gasteiger partial charge in [0.05, 0.1) is 11.7 Å². The van der Waals surface area contributed by atoms with E-state index in [1.807, 2.05) is 18.2 Å². The van der Waals surface area contributed by atoms with E-state index >= 15 is 0 Å². The van der Waals surface area contributed by atoms with Crippen molar-refractivity contribution in [3.8, 4) is 0 Å². The fourth-order valence-corrected chi connectivity index (χ4v) is 4.25. The summed E-state index contributed by atoms with van der Waals surface area (Å²) in [5.41, 5.74) is 1.68. The Morgan fingerprint density at radius 1 is 1.06 bits per heavy atom. The minimum atomic E-state index is -0.861. The van der Waals surface area contributed by atoms with Crippen LogP contribution in [0.5, 0.6) is 0 Å². The van der Waals surface area contributed by atoms with Gasteiger partial charge < -0.3 is 5.32 Å². The molecular formula is C25H24F3N3O. The van der Waals surface area contributed by atoms with Crippen LogP contribution < -0.4 is 5.32 Å². The third kappa shape index (κ3) is 5.34. The monoisotopic (exact) mass is 439 g/mol. The van der Waals surface area contributed by atoms with E-state index in [-0.39, 0.29) is 23.4 Å². The Balaban J connectivity index is 1.52. The van der Waals surface area contributed by atoms with Crippen LogP contribution in [0.25, 0.3) is 0 Å². The molecule has 0 unspecified atom stereocenters. The topological polar surface area (TPSA) is 45.2 Å². The molecule has 1 aromatic heterocycles. The highest BCUT2D eigenvalue weighted by Gasteiger charge is 2.31. The first-order chi connectivity index (χ1) is 15.5. The fourth-order valence-electron chi connectivity index (χ4n) is 4.25. The number of rotatable bonds is 6. The third-order valence-corrected chi connectivity index (χ3v) is 5.78. The van der Waals surface area contributed by atoms with Gasteiger partial charge in [-0.3, -0.25) is 14.7 Å². The predicted octanol–water partition coefficient (Wildman–Crippen LogP) is 4.88. The Hall–Kier alpha value is -3.19. The number of piperidine rings is 1. The van der Waals surface area contributed by atoms with Gasteiger partial charge in [0.15, 0.2) is 11.6 Å². The Kier molecular flexibility index (Phi) is 6.85. The largest absolute Gasteiger partial charge is 0.343 e. The summed E-state index contributed by atoms with van der Waals surface area (Å²) in [7, 11) is 0. The van der Waals surface area contributed by atoms with E-state index in [0.717, 1.165) is 31.1 Å². The van der Waals surface area contributed by atoms with Crippen molar-refractivity contribution in [3.05, 3.63) is 101 Å². The molecule has 0 saturated carbocycles. The van der Waals surface area contributed by atoms with Gasteiger partial charge in [-0.05, 0) is 73.3 Å². The Morgan fingerprint density at radius 2 is 1.94 bits per heavy atom. The summed E-state index contributed by atoms with van der Waals surface area (Å²) >= 11 is 0. The predicted molar refractivity (Wildman–Crippen MR) is 115 cm³/mol. The van der Waals surface area contributed by atoms with Crippen molar-refractivity contribution in [2.45, 2.75) is 25.4 Å². The van der Waals surface area contributed by atoms with Crippen molar-refractivity contribution in [2.75, 3.05) is 13.1 Å². The first-order valence-corrected chi connectivity index (χ1v) is 10.6. The maximum absolute atomic E-state index is 13.6. The quantitative estimate of drug-likeness (QED) is 0.595. The molecule has 4 nitrogen and oxygen atoms in total. The molecule has 7 heteroatoms. The van der Waals surface area contributed by atoms with Gasteiger partial charge in [0.1, 0.15) is 5.82 Å². The molecule has 0 radical (unpaired) electrons. The van der Waals surface area contributed by atoms with E-state index in [0.29, 0.717) is 18.7 Å². The SMILES string of the molecule is O=C(N[C@H](c1ccccn1)[C@@H]1CCCN(Cc2ccc(F)c(F)c2)C1)c1cccc(F)c1. The Morgan fingerprint density at radius 3 is 2.69 bits per heavy atom. The van der Waals surface area contributed by atoms with Crippen LogP contribution in [0.3, 0.4) is 0 Å². The summed E-state index contributed by atoms with van der Waals surface area (Å²) in [4.78, 5) is 19.5. The number of pyridine rings is 1. The lowest BCUT2D eigenvalue weighted by atomic mass is 9.88. The lowest BCUT2D eigenvalue weighted by molar-refractivity contribution is 0.0874. The number of nitrogens with zero attached hydrogens (tertiary/aromatic N) is 2. The smallest absolute Gasteiger partial charge is 0.251 e. The van der Waals surface area contributed by atoms with E-state index in [1.165, 1.54) is 24.3 Å². The lowest BCUT2D eigenvalue weighted by Gasteiger charge is -2.37. The average molecular weight is 439 g/mol. The zero-order valence-corrected chi connectivity index (χ0v) is 17.5. The van der Waals surface area contributed by atoms with Gasteiger partial charge in [0.2, 0.25) is 0 Å². The number of benzene rings is 2. The van der Waals surface area contributed by atoms with Crippen molar-refractivity contribution < 1.29 is 18.0 Å². The van der Waals surface area contributed by atoms with Gasteiger partial charge in [0, 0.05) is 24.8 Å². The van der Waals surface area contributed by atoms with Gasteiger partial charge in [0.25, 0.3) is 5.91 Å². The number of aromatic nitrogens is 1. The van der Waals surface area contributed by atoms with Crippen molar-refractivity contribution in [3.63, 3.8) is 0 Å². The Labute approximate surface area is 185 Å². The molecular weight excluding hydrogens is 415 g/mol. The van der Waals surface area contributed by atoms with Gasteiger partial charge in [-0.25, -0.2) is 13.2 Å². The second-order valence-corrected chi connectivity index (χ2v) is 8.10. The molecule has 1 amide bonds. The third-order valence-electron chi connectivity index (χ3n) is 5.78. The van der Waals surface area contributed by atoms with Gasteiger partial charge in [-0.2, -0.15) is 0 Å². The molecule has 0 spiro atoms. The molecule has 1 fully saturated rings. The summed E-state index contributed by atoms with van der Waals surface area (Å²) in [6.07, 6.45) is 3.45. The summed E-state index contributed by atoms with van der Waals surface area (Å²) in [6.45, 7) is 1.96. The molecule has 4 rings (SSSR count). The van der Waals surface area contributed by atoms with E-state index < -0.39 is 17.5 Å². The fraction of sp³-hybridized carbons (Fsp3) is 0.280. The molecule has 166 valence electrons. The van der Waals surface area contributed by atoms with Crippen LogP contribution in [0.15, 0.2) is 66.9 Å². The Bertz CT molecular complexity index is 1080. The zero-order valence-electron chi connectivity index (χ0n) is 17.5. The number of carbonyl (C=O) groups is 1. The van der Waals surface area contributed by atoms with Gasteiger partial charge in [-0.1, -0.05) is 18.2 Å². The standard InChI is InChI=1S/C25H24F3N3O/c26-20-7-3-5-18(14-20)25(32)30-24(23-8-1-2-11-29-23)19-6-4-12-31(16-19)15-17-9-10-21(27)22(28)13-17/h1-3,5,7-11,13-14,19,24H,4,6,12,15-16H2,(H,30,32)/t19-,24+/m1/s1. The normalized spacial score (nSPS) is 17.7. The second-order valence-electron chi connectivity index (χ2n) is 8.10. The molecule has 32 heavy (non-hydrogen) atoms. The molecule has 2 aromatic carbocycles. The minimum Gasteiger partial charge on any atom is -0.343 e. The average Bonchev–Trinajstić information content (AvgIpc) is 2.80. The molecule has 3 aromatic rings. The highest BCUT2D eigenvalue weighted by atomic mass is 19.2. The van der Waals surface area contributed by atoms with Crippen LogP contribution >= 0.6 is 0 Å². The number of nitrogens with one attached hydrogen (secondary N) is 1. The van der Waals surface area contributed by atoms with E-state index in [4.69, 9.17) is 0 Å². The molecule has 0 aliphatic carbocycles. The number of carbonyl (C=O) groups excluding carboxylic acids is 1.